The van der Waals surface area contributed by atoms with Gasteiger partial charge in [-0.2, -0.15) is 0 Å². The summed E-state index contributed by atoms with van der Waals surface area (Å²) in [5, 5.41) is 9.06. The molecule has 1 unspecified atom stereocenters. The van der Waals surface area contributed by atoms with Crippen LogP contribution in [-0.4, -0.2) is 23.7 Å². The maximum Gasteiger partial charge on any atom is 0.323 e. The smallest absolute Gasteiger partial charge is 0.323 e. The molecule has 1 N–H and O–H groups in total. The molecule has 0 aliphatic heterocycles. The van der Waals surface area contributed by atoms with Gasteiger partial charge < -0.3 is 14.4 Å². The molecular weight excluding hydrogens is 242 g/mol. The molecule has 1 heterocycles. The number of anilines is 1. The second-order valence-corrected chi connectivity index (χ2v) is 4.49. The number of hydrogen-bond acceptors (Lipinski definition) is 3. The summed E-state index contributed by atoms with van der Waals surface area (Å²) < 4.78 is 5.32. The maximum absolute atomic E-state index is 11.0. The molecule has 1 aromatic heterocycles. The molecule has 0 fully saturated rings. The number of hydrogen-bond donors (Lipinski definition) is 1. The number of carboxylic acids is 1. The summed E-state index contributed by atoms with van der Waals surface area (Å²) in [5.41, 5.74) is 0.906. The fourth-order valence-electron chi connectivity index (χ4n) is 2.10. The largest absolute Gasteiger partial charge is 0.480 e. The SMILES string of the molecule is CC(Cc1ccco1)N(CC(=O)O)c1ccccc1. The fraction of sp³-hybridized carbons (Fsp3) is 0.267. The van der Waals surface area contributed by atoms with Gasteiger partial charge in [-0.05, 0) is 31.2 Å². The van der Waals surface area contributed by atoms with Crippen LogP contribution in [0.15, 0.2) is 53.1 Å². The highest BCUT2D eigenvalue weighted by molar-refractivity contribution is 5.74. The Bertz CT molecular complexity index is 507. The minimum Gasteiger partial charge on any atom is -0.480 e. The van der Waals surface area contributed by atoms with E-state index in [0.717, 1.165) is 11.4 Å². The lowest BCUT2D eigenvalue weighted by Crippen LogP contribution is -2.38. The second kappa shape index (κ2) is 6.09. The third-order valence-corrected chi connectivity index (χ3v) is 3.00. The predicted molar refractivity (Wildman–Crippen MR) is 73.3 cm³/mol. The highest BCUT2D eigenvalue weighted by atomic mass is 16.4. The van der Waals surface area contributed by atoms with Crippen LogP contribution in [0, 0.1) is 0 Å². The summed E-state index contributed by atoms with van der Waals surface area (Å²) in [6, 6.07) is 13.4. The Hall–Kier alpha value is -2.23. The fourth-order valence-corrected chi connectivity index (χ4v) is 2.10. The van der Waals surface area contributed by atoms with Crippen molar-refractivity contribution in [3.8, 4) is 0 Å². The number of carboxylic acid groups (broad SMARTS) is 1. The van der Waals surface area contributed by atoms with Gasteiger partial charge in [0.25, 0.3) is 0 Å². The van der Waals surface area contributed by atoms with Crippen LogP contribution in [0.25, 0.3) is 0 Å². The number of para-hydroxylation sites is 1. The molecule has 19 heavy (non-hydrogen) atoms. The molecule has 1 atom stereocenters. The van der Waals surface area contributed by atoms with E-state index in [1.54, 1.807) is 6.26 Å². The van der Waals surface area contributed by atoms with Crippen molar-refractivity contribution in [2.75, 3.05) is 11.4 Å². The molecule has 1 aromatic carbocycles. The first-order valence-corrected chi connectivity index (χ1v) is 6.22. The van der Waals surface area contributed by atoms with Crippen molar-refractivity contribution in [2.45, 2.75) is 19.4 Å². The molecule has 4 heteroatoms. The van der Waals surface area contributed by atoms with E-state index in [-0.39, 0.29) is 12.6 Å². The molecule has 0 radical (unpaired) electrons. The third-order valence-electron chi connectivity index (χ3n) is 3.00. The van der Waals surface area contributed by atoms with Crippen LogP contribution in [0.3, 0.4) is 0 Å². The van der Waals surface area contributed by atoms with Crippen molar-refractivity contribution in [3.63, 3.8) is 0 Å². The summed E-state index contributed by atoms with van der Waals surface area (Å²) in [6.45, 7) is 1.98. The Balaban J connectivity index is 2.15. The van der Waals surface area contributed by atoms with Crippen LogP contribution >= 0.6 is 0 Å². The van der Waals surface area contributed by atoms with Crippen LogP contribution in [0.1, 0.15) is 12.7 Å². The topological polar surface area (TPSA) is 53.7 Å². The van der Waals surface area contributed by atoms with Crippen molar-refractivity contribution in [2.24, 2.45) is 0 Å². The van der Waals surface area contributed by atoms with Gasteiger partial charge in [0.05, 0.1) is 6.26 Å². The van der Waals surface area contributed by atoms with E-state index in [2.05, 4.69) is 0 Å². The Labute approximate surface area is 112 Å². The van der Waals surface area contributed by atoms with Gasteiger partial charge in [0.1, 0.15) is 12.3 Å². The number of benzene rings is 1. The zero-order valence-electron chi connectivity index (χ0n) is 10.8. The van der Waals surface area contributed by atoms with Crippen molar-refractivity contribution < 1.29 is 14.3 Å². The first-order valence-electron chi connectivity index (χ1n) is 6.22. The molecule has 0 saturated heterocycles. The molecule has 0 bridgehead atoms. The lowest BCUT2D eigenvalue weighted by molar-refractivity contribution is -0.135. The molecule has 0 amide bonds. The Morgan fingerprint density at radius 1 is 1.26 bits per heavy atom. The van der Waals surface area contributed by atoms with Crippen LogP contribution in [-0.2, 0) is 11.2 Å². The second-order valence-electron chi connectivity index (χ2n) is 4.49. The van der Waals surface area contributed by atoms with Gasteiger partial charge in [0, 0.05) is 18.2 Å². The highest BCUT2D eigenvalue weighted by Crippen LogP contribution is 2.18. The lowest BCUT2D eigenvalue weighted by Gasteiger charge is -2.29. The van der Waals surface area contributed by atoms with E-state index in [4.69, 9.17) is 9.52 Å². The lowest BCUT2D eigenvalue weighted by atomic mass is 10.1. The quantitative estimate of drug-likeness (QED) is 0.866. The van der Waals surface area contributed by atoms with Crippen molar-refractivity contribution >= 4 is 11.7 Å². The van der Waals surface area contributed by atoms with Crippen molar-refractivity contribution in [3.05, 3.63) is 54.5 Å². The zero-order chi connectivity index (χ0) is 13.7. The van der Waals surface area contributed by atoms with Crippen LogP contribution < -0.4 is 4.90 Å². The molecule has 2 aromatic rings. The predicted octanol–water partition coefficient (Wildman–Crippen LogP) is 2.80. The maximum atomic E-state index is 11.0. The molecular formula is C15H17NO3. The summed E-state index contributed by atoms with van der Waals surface area (Å²) in [6.07, 6.45) is 2.31. The third kappa shape index (κ3) is 3.61. The van der Waals surface area contributed by atoms with Gasteiger partial charge in [-0.25, -0.2) is 0 Å². The van der Waals surface area contributed by atoms with E-state index in [9.17, 15) is 4.79 Å². The molecule has 0 spiro atoms. The van der Waals surface area contributed by atoms with Crippen molar-refractivity contribution in [1.82, 2.24) is 0 Å². The van der Waals surface area contributed by atoms with Crippen LogP contribution in [0.4, 0.5) is 5.69 Å². The normalized spacial score (nSPS) is 12.1. The summed E-state index contributed by atoms with van der Waals surface area (Å²) in [7, 11) is 0. The summed E-state index contributed by atoms with van der Waals surface area (Å²) >= 11 is 0. The van der Waals surface area contributed by atoms with Gasteiger partial charge in [0.15, 0.2) is 0 Å². The highest BCUT2D eigenvalue weighted by Gasteiger charge is 2.18. The summed E-state index contributed by atoms with van der Waals surface area (Å²) in [5.74, 6) is 0.0222. The summed E-state index contributed by atoms with van der Waals surface area (Å²) in [4.78, 5) is 12.9. The Morgan fingerprint density at radius 2 is 2.00 bits per heavy atom. The number of aliphatic carboxylic acids is 1. The monoisotopic (exact) mass is 259 g/mol. The Kier molecular flexibility index (Phi) is 4.23. The Morgan fingerprint density at radius 3 is 2.58 bits per heavy atom. The number of rotatable bonds is 6. The van der Waals surface area contributed by atoms with Gasteiger partial charge in [0.2, 0.25) is 0 Å². The van der Waals surface area contributed by atoms with Gasteiger partial charge in [-0.1, -0.05) is 18.2 Å². The van der Waals surface area contributed by atoms with Crippen LogP contribution in [0.2, 0.25) is 0 Å². The van der Waals surface area contributed by atoms with Crippen LogP contribution in [0.5, 0.6) is 0 Å². The van der Waals surface area contributed by atoms with Crippen molar-refractivity contribution in [1.29, 1.82) is 0 Å². The molecule has 100 valence electrons. The first-order chi connectivity index (χ1) is 9.16. The van der Waals surface area contributed by atoms with Gasteiger partial charge >= 0.3 is 5.97 Å². The average Bonchev–Trinajstić information content (AvgIpc) is 2.89. The molecule has 4 nitrogen and oxygen atoms in total. The van der Waals surface area contributed by atoms with E-state index in [1.807, 2.05) is 54.3 Å². The van der Waals surface area contributed by atoms with E-state index < -0.39 is 5.97 Å². The van der Waals surface area contributed by atoms with Gasteiger partial charge in [-0.3, -0.25) is 4.79 Å². The molecule has 2 rings (SSSR count). The number of nitrogens with zero attached hydrogens (tertiary/aromatic N) is 1. The number of furan rings is 1. The zero-order valence-corrected chi connectivity index (χ0v) is 10.8. The van der Waals surface area contributed by atoms with E-state index >= 15 is 0 Å². The molecule has 0 saturated carbocycles. The molecule has 0 aliphatic rings. The first kappa shape index (κ1) is 13.2. The van der Waals surface area contributed by atoms with E-state index in [1.165, 1.54) is 0 Å². The molecule has 0 aliphatic carbocycles. The minimum absolute atomic E-state index is 0.0219. The standard InChI is InChI=1S/C15H17NO3/c1-12(10-14-8-5-9-19-14)16(11-15(17)18)13-6-3-2-4-7-13/h2-9,12H,10-11H2,1H3,(H,17,18). The minimum atomic E-state index is -0.838. The average molecular weight is 259 g/mol. The number of carbonyl (C=O) groups is 1. The van der Waals surface area contributed by atoms with E-state index in [0.29, 0.717) is 6.42 Å². The van der Waals surface area contributed by atoms with Gasteiger partial charge in [-0.15, -0.1) is 0 Å².